The summed E-state index contributed by atoms with van der Waals surface area (Å²) in [4.78, 5) is 0. The normalized spacial score (nSPS) is 40.7. The molecule has 1 aliphatic rings. The summed E-state index contributed by atoms with van der Waals surface area (Å²) < 4.78 is 0. The van der Waals surface area contributed by atoms with Crippen LogP contribution in [0.4, 0.5) is 0 Å². The number of aliphatic hydroxyl groups is 1. The Labute approximate surface area is 61.4 Å². The maximum atomic E-state index is 9.53. The van der Waals surface area contributed by atoms with Gasteiger partial charge in [-0.2, -0.15) is 0 Å². The lowest BCUT2D eigenvalue weighted by molar-refractivity contribution is 0.0534. The summed E-state index contributed by atoms with van der Waals surface area (Å²) in [5.41, 5.74) is 4.73. The van der Waals surface area contributed by atoms with E-state index in [1.54, 1.807) is 0 Å². The van der Waals surface area contributed by atoms with Gasteiger partial charge in [-0.25, -0.2) is 0 Å². The Morgan fingerprint density at radius 1 is 1.70 bits per heavy atom. The van der Waals surface area contributed by atoms with Crippen molar-refractivity contribution in [3.63, 3.8) is 0 Å². The Balaban J connectivity index is 2.56. The van der Waals surface area contributed by atoms with Gasteiger partial charge in [0.15, 0.2) is 0 Å². The van der Waals surface area contributed by atoms with E-state index in [4.69, 9.17) is 12.2 Å². The van der Waals surface area contributed by atoms with Crippen molar-refractivity contribution >= 4 is 0 Å². The zero-order valence-corrected chi connectivity index (χ0v) is 6.01. The van der Waals surface area contributed by atoms with Crippen LogP contribution in [-0.2, 0) is 0 Å². The molecule has 0 radical (unpaired) electrons. The number of nitrogens with two attached hydrogens (primary N) is 1. The Morgan fingerprint density at radius 2 is 2.40 bits per heavy atom. The molecule has 56 valence electrons. The predicted octanol–water partition coefficient (Wildman–Crippen LogP) is 0.252. The highest BCUT2D eigenvalue weighted by Gasteiger charge is 2.30. The van der Waals surface area contributed by atoms with Crippen molar-refractivity contribution in [3.05, 3.63) is 0 Å². The Kier molecular flexibility index (Phi) is 1.98. The molecule has 2 atom stereocenters. The first-order chi connectivity index (χ1) is 4.66. The molecule has 0 spiro atoms. The van der Waals surface area contributed by atoms with Gasteiger partial charge in [0.05, 0.1) is 0 Å². The number of rotatable bonds is 0. The van der Waals surface area contributed by atoms with Crippen molar-refractivity contribution in [2.45, 2.75) is 37.3 Å². The van der Waals surface area contributed by atoms with Crippen molar-refractivity contribution in [3.8, 4) is 12.3 Å². The second-order valence-corrected chi connectivity index (χ2v) is 3.03. The predicted molar refractivity (Wildman–Crippen MR) is 40.2 cm³/mol. The van der Waals surface area contributed by atoms with Crippen LogP contribution in [0.2, 0.25) is 0 Å². The lowest BCUT2D eigenvalue weighted by Gasteiger charge is -2.30. The molecule has 3 N–H and O–H groups in total. The summed E-state index contributed by atoms with van der Waals surface area (Å²) in [6.45, 7) is 0. The standard InChI is InChI=1S/C8H13NO/c1-2-8(10)5-3-4-7(9)6-8/h1,7,10H,3-6,9H2/t7-,8+/m1/s1. The molecule has 0 aromatic carbocycles. The number of hydrogen-bond donors (Lipinski definition) is 2. The van der Waals surface area contributed by atoms with Crippen molar-refractivity contribution in [1.82, 2.24) is 0 Å². The Bertz CT molecular complexity index is 161. The first kappa shape index (κ1) is 7.59. The minimum Gasteiger partial charge on any atom is -0.378 e. The van der Waals surface area contributed by atoms with Gasteiger partial charge < -0.3 is 10.8 Å². The van der Waals surface area contributed by atoms with Gasteiger partial charge in [0, 0.05) is 12.5 Å². The molecule has 2 heteroatoms. The summed E-state index contributed by atoms with van der Waals surface area (Å²) in [5.74, 6) is 2.39. The molecule has 0 aliphatic heterocycles. The average Bonchev–Trinajstić information content (AvgIpc) is 1.88. The van der Waals surface area contributed by atoms with Gasteiger partial charge in [-0.05, 0) is 19.3 Å². The molecule has 0 unspecified atom stereocenters. The van der Waals surface area contributed by atoms with Crippen LogP contribution in [0.1, 0.15) is 25.7 Å². The monoisotopic (exact) mass is 139 g/mol. The van der Waals surface area contributed by atoms with Gasteiger partial charge in [0.2, 0.25) is 0 Å². The zero-order chi connectivity index (χ0) is 7.61. The third-order valence-corrected chi connectivity index (χ3v) is 2.03. The first-order valence-electron chi connectivity index (χ1n) is 3.62. The van der Waals surface area contributed by atoms with Crippen LogP contribution in [0.25, 0.3) is 0 Å². The summed E-state index contributed by atoms with van der Waals surface area (Å²) in [7, 11) is 0. The smallest absolute Gasteiger partial charge is 0.126 e. The summed E-state index contributed by atoms with van der Waals surface area (Å²) in [5, 5.41) is 9.53. The molecule has 0 aromatic rings. The lowest BCUT2D eigenvalue weighted by atomic mass is 9.83. The number of hydrogen-bond acceptors (Lipinski definition) is 2. The molecule has 10 heavy (non-hydrogen) atoms. The Morgan fingerprint density at radius 3 is 2.80 bits per heavy atom. The summed E-state index contributed by atoms with van der Waals surface area (Å²) >= 11 is 0. The van der Waals surface area contributed by atoms with Gasteiger partial charge in [0.25, 0.3) is 0 Å². The number of terminal acetylenes is 1. The minimum atomic E-state index is -0.905. The average molecular weight is 139 g/mol. The largest absolute Gasteiger partial charge is 0.378 e. The molecule has 1 aliphatic carbocycles. The van der Waals surface area contributed by atoms with Gasteiger partial charge in [-0.15, -0.1) is 6.42 Å². The van der Waals surface area contributed by atoms with Crippen LogP contribution >= 0.6 is 0 Å². The molecule has 1 saturated carbocycles. The van der Waals surface area contributed by atoms with Gasteiger partial charge in [-0.3, -0.25) is 0 Å². The fraction of sp³-hybridized carbons (Fsp3) is 0.750. The summed E-state index contributed by atoms with van der Waals surface area (Å²) in [6.07, 6.45) is 8.35. The van der Waals surface area contributed by atoms with Crippen molar-refractivity contribution in [1.29, 1.82) is 0 Å². The van der Waals surface area contributed by atoms with Crippen LogP contribution in [0.3, 0.4) is 0 Å². The van der Waals surface area contributed by atoms with Gasteiger partial charge in [-0.1, -0.05) is 5.92 Å². The fourth-order valence-electron chi connectivity index (χ4n) is 1.43. The van der Waals surface area contributed by atoms with Gasteiger partial charge in [0.1, 0.15) is 5.60 Å². The SMILES string of the molecule is C#C[C@]1(O)CCC[C@@H](N)C1. The molecule has 1 rings (SSSR count). The lowest BCUT2D eigenvalue weighted by Crippen LogP contribution is -2.39. The van der Waals surface area contributed by atoms with Crippen molar-refractivity contribution in [2.75, 3.05) is 0 Å². The van der Waals surface area contributed by atoms with Crippen molar-refractivity contribution < 1.29 is 5.11 Å². The molecule has 0 saturated heterocycles. The van der Waals surface area contributed by atoms with Crippen molar-refractivity contribution in [2.24, 2.45) is 5.73 Å². The van der Waals surface area contributed by atoms with E-state index in [2.05, 4.69) is 5.92 Å². The molecule has 0 amide bonds. The quantitative estimate of drug-likeness (QED) is 0.473. The maximum absolute atomic E-state index is 9.53. The van der Waals surface area contributed by atoms with Crippen LogP contribution in [0.5, 0.6) is 0 Å². The highest BCUT2D eigenvalue weighted by Crippen LogP contribution is 2.26. The molecular weight excluding hydrogens is 126 g/mol. The molecular formula is C8H13NO. The van der Waals surface area contributed by atoms with Gasteiger partial charge >= 0.3 is 0 Å². The molecule has 2 nitrogen and oxygen atoms in total. The van der Waals surface area contributed by atoms with E-state index in [0.29, 0.717) is 12.8 Å². The molecule has 0 bridgehead atoms. The third-order valence-electron chi connectivity index (χ3n) is 2.03. The minimum absolute atomic E-state index is 0.0924. The molecule has 0 aromatic heterocycles. The van der Waals surface area contributed by atoms with E-state index in [9.17, 15) is 5.11 Å². The fourth-order valence-corrected chi connectivity index (χ4v) is 1.43. The zero-order valence-electron chi connectivity index (χ0n) is 6.01. The summed E-state index contributed by atoms with van der Waals surface area (Å²) in [6, 6.07) is 0.0924. The van der Waals surface area contributed by atoms with E-state index < -0.39 is 5.60 Å². The first-order valence-corrected chi connectivity index (χ1v) is 3.62. The maximum Gasteiger partial charge on any atom is 0.126 e. The van der Waals surface area contributed by atoms with E-state index in [-0.39, 0.29) is 6.04 Å². The van der Waals surface area contributed by atoms with E-state index >= 15 is 0 Å². The van der Waals surface area contributed by atoms with Crippen LogP contribution in [0, 0.1) is 12.3 Å². The topological polar surface area (TPSA) is 46.2 Å². The van der Waals surface area contributed by atoms with E-state index in [1.165, 1.54) is 0 Å². The van der Waals surface area contributed by atoms with E-state index in [1.807, 2.05) is 0 Å². The molecule has 1 fully saturated rings. The Hall–Kier alpha value is -0.520. The van der Waals surface area contributed by atoms with E-state index in [0.717, 1.165) is 12.8 Å². The second-order valence-electron chi connectivity index (χ2n) is 3.03. The third kappa shape index (κ3) is 1.50. The second kappa shape index (κ2) is 2.61. The van der Waals surface area contributed by atoms with Crippen LogP contribution in [-0.4, -0.2) is 16.7 Å². The highest BCUT2D eigenvalue weighted by molar-refractivity contribution is 5.10. The molecule has 0 heterocycles. The highest BCUT2D eigenvalue weighted by atomic mass is 16.3. The van der Waals surface area contributed by atoms with Crippen LogP contribution in [0.15, 0.2) is 0 Å². The van der Waals surface area contributed by atoms with Crippen LogP contribution < -0.4 is 5.73 Å².